The van der Waals surface area contributed by atoms with Gasteiger partial charge in [-0.25, -0.2) is 9.78 Å². The molecule has 96 valence electrons. The van der Waals surface area contributed by atoms with Crippen LogP contribution in [0.5, 0.6) is 0 Å². The van der Waals surface area contributed by atoms with Gasteiger partial charge in [0.15, 0.2) is 5.89 Å². The Balaban J connectivity index is 2.61. The summed E-state index contributed by atoms with van der Waals surface area (Å²) >= 11 is 0. The van der Waals surface area contributed by atoms with Crippen LogP contribution in [0, 0.1) is 0 Å². The van der Waals surface area contributed by atoms with E-state index in [4.69, 9.17) is 14.3 Å². The maximum Gasteiger partial charge on any atom is 0.373 e. The van der Waals surface area contributed by atoms with E-state index in [-0.39, 0.29) is 5.76 Å². The summed E-state index contributed by atoms with van der Waals surface area (Å²) in [4.78, 5) is 15.1. The minimum absolute atomic E-state index is 0.0302. The zero-order valence-corrected chi connectivity index (χ0v) is 10.4. The topological polar surface area (TPSA) is 72.6 Å². The summed E-state index contributed by atoms with van der Waals surface area (Å²) in [7, 11) is 0. The van der Waals surface area contributed by atoms with Gasteiger partial charge in [-0.15, -0.1) is 0 Å². The molecule has 0 unspecified atom stereocenters. The summed E-state index contributed by atoms with van der Waals surface area (Å²) in [6, 6.07) is 0. The lowest BCUT2D eigenvalue weighted by molar-refractivity contribution is 0.0656. The van der Waals surface area contributed by atoms with Crippen molar-refractivity contribution < 1.29 is 19.1 Å². The zero-order valence-electron chi connectivity index (χ0n) is 10.4. The number of aromatic nitrogens is 1. The largest absolute Gasteiger partial charge is 0.475 e. The molecule has 17 heavy (non-hydrogen) atoms. The van der Waals surface area contributed by atoms with Crippen LogP contribution in [0.2, 0.25) is 0 Å². The van der Waals surface area contributed by atoms with Crippen LogP contribution in [0.3, 0.4) is 0 Å². The molecule has 5 nitrogen and oxygen atoms in total. The van der Waals surface area contributed by atoms with Crippen LogP contribution in [0.25, 0.3) is 0 Å². The molecular weight excluding hydrogens is 222 g/mol. The third kappa shape index (κ3) is 4.19. The molecule has 0 aliphatic heterocycles. The summed E-state index contributed by atoms with van der Waals surface area (Å²) in [6.45, 7) is 5.23. The summed E-state index contributed by atoms with van der Waals surface area (Å²) in [6.07, 6.45) is 2.95. The average molecular weight is 241 g/mol. The lowest BCUT2D eigenvalue weighted by Gasteiger charge is -1.98. The second kappa shape index (κ2) is 7.06. The third-order valence-corrected chi connectivity index (χ3v) is 2.23. The van der Waals surface area contributed by atoms with Gasteiger partial charge < -0.3 is 14.3 Å². The summed E-state index contributed by atoms with van der Waals surface area (Å²) in [5.41, 5.74) is 0.533. The summed E-state index contributed by atoms with van der Waals surface area (Å²) < 4.78 is 10.5. The van der Waals surface area contributed by atoms with Crippen molar-refractivity contribution >= 4 is 5.97 Å². The van der Waals surface area contributed by atoms with E-state index < -0.39 is 5.97 Å². The van der Waals surface area contributed by atoms with Crippen LogP contribution >= 0.6 is 0 Å². The third-order valence-electron chi connectivity index (χ3n) is 2.23. The first-order valence-corrected chi connectivity index (χ1v) is 5.98. The van der Waals surface area contributed by atoms with Crippen LogP contribution in [0.15, 0.2) is 4.42 Å². The van der Waals surface area contributed by atoms with Gasteiger partial charge in [0.05, 0.1) is 12.3 Å². The fraction of sp³-hybridized carbons (Fsp3) is 0.667. The molecule has 0 saturated heterocycles. The molecule has 0 bridgehead atoms. The monoisotopic (exact) mass is 241 g/mol. The molecule has 0 spiro atoms. The molecule has 5 heteroatoms. The molecule has 0 aliphatic carbocycles. The first-order chi connectivity index (χ1) is 8.19. The number of carboxylic acid groups (broad SMARTS) is 1. The molecule has 0 amide bonds. The number of oxazole rings is 1. The number of ether oxygens (including phenoxy) is 1. The van der Waals surface area contributed by atoms with Crippen molar-refractivity contribution in [1.29, 1.82) is 0 Å². The Bertz CT molecular complexity index is 359. The van der Waals surface area contributed by atoms with Gasteiger partial charge in [0.1, 0.15) is 0 Å². The molecule has 0 atom stereocenters. The molecule has 1 aromatic rings. The minimum atomic E-state index is -1.05. The average Bonchev–Trinajstić information content (AvgIpc) is 2.68. The fourth-order valence-electron chi connectivity index (χ4n) is 1.49. The lowest BCUT2D eigenvalue weighted by Crippen LogP contribution is -1.99. The molecule has 1 aromatic heterocycles. The predicted molar refractivity (Wildman–Crippen MR) is 62.3 cm³/mol. The van der Waals surface area contributed by atoms with Crippen LogP contribution < -0.4 is 0 Å². The zero-order chi connectivity index (χ0) is 12.7. The number of carboxylic acids is 1. The Morgan fingerprint density at radius 3 is 2.65 bits per heavy atom. The highest BCUT2D eigenvalue weighted by atomic mass is 16.5. The van der Waals surface area contributed by atoms with E-state index in [2.05, 4.69) is 4.98 Å². The fourth-order valence-corrected chi connectivity index (χ4v) is 1.49. The second-order valence-corrected chi connectivity index (χ2v) is 3.80. The number of rotatable bonds is 8. The molecule has 1 heterocycles. The maximum absolute atomic E-state index is 10.9. The normalized spacial score (nSPS) is 10.7. The van der Waals surface area contributed by atoms with Gasteiger partial charge in [-0.1, -0.05) is 20.3 Å². The summed E-state index contributed by atoms with van der Waals surface area (Å²) in [5.74, 6) is -0.638. The van der Waals surface area contributed by atoms with Crippen molar-refractivity contribution in [3.63, 3.8) is 0 Å². The predicted octanol–water partition coefficient (Wildman–Crippen LogP) is 2.29. The van der Waals surface area contributed by atoms with E-state index in [0.29, 0.717) is 37.6 Å². The van der Waals surface area contributed by atoms with Crippen molar-refractivity contribution in [3.05, 3.63) is 17.3 Å². The Kier molecular flexibility index (Phi) is 5.69. The highest BCUT2D eigenvalue weighted by Crippen LogP contribution is 2.13. The van der Waals surface area contributed by atoms with Crippen LogP contribution in [-0.4, -0.2) is 29.3 Å². The smallest absolute Gasteiger partial charge is 0.373 e. The SMILES string of the molecule is CCCOCCc1nc(CCC)c(C(=O)O)o1. The van der Waals surface area contributed by atoms with E-state index in [1.807, 2.05) is 13.8 Å². The highest BCUT2D eigenvalue weighted by Gasteiger charge is 2.18. The second-order valence-electron chi connectivity index (χ2n) is 3.80. The van der Waals surface area contributed by atoms with E-state index >= 15 is 0 Å². The van der Waals surface area contributed by atoms with Gasteiger partial charge in [0.2, 0.25) is 5.76 Å². The molecular formula is C12H19NO4. The molecule has 0 saturated carbocycles. The van der Waals surface area contributed by atoms with E-state index in [1.165, 1.54) is 0 Å². The van der Waals surface area contributed by atoms with Crippen molar-refractivity contribution in [1.82, 2.24) is 4.98 Å². The quantitative estimate of drug-likeness (QED) is 0.707. The number of hydrogen-bond donors (Lipinski definition) is 1. The van der Waals surface area contributed by atoms with Crippen molar-refractivity contribution in [2.75, 3.05) is 13.2 Å². The van der Waals surface area contributed by atoms with Crippen LogP contribution in [-0.2, 0) is 17.6 Å². The highest BCUT2D eigenvalue weighted by molar-refractivity contribution is 5.85. The van der Waals surface area contributed by atoms with Crippen molar-refractivity contribution in [3.8, 4) is 0 Å². The first-order valence-electron chi connectivity index (χ1n) is 5.98. The first kappa shape index (κ1) is 13.7. The van der Waals surface area contributed by atoms with E-state index in [1.54, 1.807) is 0 Å². The molecule has 0 aliphatic rings. The van der Waals surface area contributed by atoms with Crippen molar-refractivity contribution in [2.24, 2.45) is 0 Å². The molecule has 0 fully saturated rings. The van der Waals surface area contributed by atoms with Crippen LogP contribution in [0.1, 0.15) is 48.8 Å². The van der Waals surface area contributed by atoms with Gasteiger partial charge in [0, 0.05) is 13.0 Å². The minimum Gasteiger partial charge on any atom is -0.475 e. The molecule has 0 radical (unpaired) electrons. The Morgan fingerprint density at radius 1 is 1.29 bits per heavy atom. The Hall–Kier alpha value is -1.36. The number of aromatic carboxylic acids is 1. The van der Waals surface area contributed by atoms with Gasteiger partial charge in [-0.05, 0) is 12.8 Å². The standard InChI is InChI=1S/C12H19NO4/c1-3-5-9-11(12(14)15)17-10(13-9)6-8-16-7-4-2/h3-8H2,1-2H3,(H,14,15). The molecule has 0 aromatic carbocycles. The van der Waals surface area contributed by atoms with Gasteiger partial charge >= 0.3 is 5.97 Å². The molecule has 1 N–H and O–H groups in total. The number of hydrogen-bond acceptors (Lipinski definition) is 4. The van der Waals surface area contributed by atoms with E-state index in [0.717, 1.165) is 12.8 Å². The van der Waals surface area contributed by atoms with Gasteiger partial charge in [-0.3, -0.25) is 0 Å². The van der Waals surface area contributed by atoms with Gasteiger partial charge in [0.25, 0.3) is 0 Å². The summed E-state index contributed by atoms with van der Waals surface area (Å²) in [5, 5.41) is 8.95. The Morgan fingerprint density at radius 2 is 2.06 bits per heavy atom. The van der Waals surface area contributed by atoms with Crippen LogP contribution in [0.4, 0.5) is 0 Å². The van der Waals surface area contributed by atoms with Crippen molar-refractivity contribution in [2.45, 2.75) is 39.5 Å². The lowest BCUT2D eigenvalue weighted by atomic mass is 10.2. The molecule has 1 rings (SSSR count). The maximum atomic E-state index is 10.9. The number of nitrogens with zero attached hydrogens (tertiary/aromatic N) is 1. The van der Waals surface area contributed by atoms with Gasteiger partial charge in [-0.2, -0.15) is 0 Å². The Labute approximate surface area is 101 Å². The van der Waals surface area contributed by atoms with E-state index in [9.17, 15) is 4.79 Å². The number of aryl methyl sites for hydroxylation is 1. The number of carbonyl (C=O) groups is 1.